The minimum absolute atomic E-state index is 0.366. The first-order valence-corrected chi connectivity index (χ1v) is 6.39. The number of carboxylic acid groups (broad SMARTS) is 1. The highest BCUT2D eigenvalue weighted by Gasteiger charge is 2.20. The Hall–Kier alpha value is -2.82. The molecule has 1 N–H and O–H groups in total. The van der Waals surface area contributed by atoms with Gasteiger partial charge in [-0.3, -0.25) is 9.69 Å². The Balaban J connectivity index is 2.21. The van der Waals surface area contributed by atoms with Crippen molar-refractivity contribution in [3.05, 3.63) is 60.2 Å². The number of carbonyl (C=O) groups excluding carboxylic acids is 1. The van der Waals surface area contributed by atoms with Gasteiger partial charge in [-0.15, -0.1) is 0 Å². The number of rotatable bonds is 4. The number of hydrogen-bond donors (Lipinski definition) is 1. The molecule has 0 saturated carbocycles. The second kappa shape index (κ2) is 6.56. The van der Waals surface area contributed by atoms with E-state index in [1.165, 1.54) is 0 Å². The normalized spacial score (nSPS) is 9.95. The van der Waals surface area contributed by atoms with Crippen LogP contribution >= 0.6 is 0 Å². The van der Waals surface area contributed by atoms with Crippen molar-refractivity contribution >= 4 is 17.7 Å². The molecule has 5 heteroatoms. The average Bonchev–Trinajstić information content (AvgIpc) is 2.46. The van der Waals surface area contributed by atoms with Gasteiger partial charge in [0, 0.05) is 5.69 Å². The first kappa shape index (κ1) is 14.6. The quantitative estimate of drug-likeness (QED) is 0.937. The van der Waals surface area contributed by atoms with Crippen molar-refractivity contribution in [1.82, 2.24) is 0 Å². The smallest absolute Gasteiger partial charge is 0.420 e. The molecule has 2 rings (SSSR count). The molecule has 2 aromatic rings. The van der Waals surface area contributed by atoms with Gasteiger partial charge in [0.2, 0.25) is 0 Å². The van der Waals surface area contributed by atoms with Crippen molar-refractivity contribution in [2.75, 3.05) is 11.4 Å². The van der Waals surface area contributed by atoms with E-state index >= 15 is 0 Å². The minimum Gasteiger partial charge on any atom is -0.480 e. The molecular formula is C16H15NO4. The molecule has 2 aromatic carbocycles. The van der Waals surface area contributed by atoms with Gasteiger partial charge in [0.05, 0.1) is 0 Å². The maximum atomic E-state index is 12.2. The van der Waals surface area contributed by atoms with E-state index in [0.717, 1.165) is 10.5 Å². The maximum absolute atomic E-state index is 12.2. The van der Waals surface area contributed by atoms with Crippen molar-refractivity contribution < 1.29 is 19.4 Å². The summed E-state index contributed by atoms with van der Waals surface area (Å²) in [5, 5.41) is 8.97. The zero-order chi connectivity index (χ0) is 15.2. The molecule has 5 nitrogen and oxygen atoms in total. The zero-order valence-electron chi connectivity index (χ0n) is 11.5. The summed E-state index contributed by atoms with van der Waals surface area (Å²) in [5.74, 6) is -0.745. The number of nitrogens with zero attached hydrogens (tertiary/aromatic N) is 1. The van der Waals surface area contributed by atoms with Crippen LogP contribution in [0.15, 0.2) is 54.6 Å². The summed E-state index contributed by atoms with van der Waals surface area (Å²) in [7, 11) is 0. The van der Waals surface area contributed by atoms with Crippen LogP contribution in [-0.4, -0.2) is 23.7 Å². The summed E-state index contributed by atoms with van der Waals surface area (Å²) < 4.78 is 5.19. The van der Waals surface area contributed by atoms with Gasteiger partial charge in [-0.25, -0.2) is 4.79 Å². The first-order valence-electron chi connectivity index (χ1n) is 6.39. The van der Waals surface area contributed by atoms with Crippen LogP contribution in [0.3, 0.4) is 0 Å². The van der Waals surface area contributed by atoms with Crippen molar-refractivity contribution in [2.24, 2.45) is 0 Å². The van der Waals surface area contributed by atoms with Crippen LogP contribution in [0.25, 0.3) is 0 Å². The topological polar surface area (TPSA) is 66.8 Å². The largest absolute Gasteiger partial charge is 0.480 e. The molecule has 0 aromatic heterocycles. The molecule has 0 aliphatic carbocycles. The van der Waals surface area contributed by atoms with Gasteiger partial charge in [-0.1, -0.05) is 35.9 Å². The number of amides is 1. The van der Waals surface area contributed by atoms with Crippen LogP contribution in [-0.2, 0) is 4.79 Å². The van der Waals surface area contributed by atoms with E-state index < -0.39 is 18.6 Å². The van der Waals surface area contributed by atoms with Gasteiger partial charge in [0.15, 0.2) is 0 Å². The van der Waals surface area contributed by atoms with Crippen LogP contribution in [0.1, 0.15) is 5.56 Å². The fourth-order valence-electron chi connectivity index (χ4n) is 1.77. The summed E-state index contributed by atoms with van der Waals surface area (Å²) in [6, 6.07) is 15.5. The number of carboxylic acids is 1. The number of benzene rings is 2. The van der Waals surface area contributed by atoms with Crippen molar-refractivity contribution in [2.45, 2.75) is 6.92 Å². The first-order chi connectivity index (χ1) is 10.1. The molecule has 108 valence electrons. The molecule has 0 unspecified atom stereocenters. The van der Waals surface area contributed by atoms with E-state index in [-0.39, 0.29) is 0 Å². The third-order valence-electron chi connectivity index (χ3n) is 2.81. The van der Waals surface area contributed by atoms with E-state index in [9.17, 15) is 9.59 Å². The SMILES string of the molecule is Cc1ccc(N(CC(=O)O)C(=O)Oc2ccccc2)cc1. The molecule has 0 aliphatic rings. The molecule has 0 spiro atoms. The van der Waals surface area contributed by atoms with Gasteiger partial charge >= 0.3 is 12.1 Å². The Labute approximate surface area is 122 Å². The Morgan fingerprint density at radius 1 is 1.05 bits per heavy atom. The summed E-state index contributed by atoms with van der Waals surface area (Å²) in [5.41, 5.74) is 1.49. The Bertz CT molecular complexity index is 622. The van der Waals surface area contributed by atoms with Gasteiger partial charge in [0.1, 0.15) is 12.3 Å². The molecular weight excluding hydrogens is 270 g/mol. The zero-order valence-corrected chi connectivity index (χ0v) is 11.5. The predicted octanol–water partition coefficient (Wildman–Crippen LogP) is 3.09. The second-order valence-electron chi connectivity index (χ2n) is 4.50. The van der Waals surface area contributed by atoms with Gasteiger partial charge in [0.25, 0.3) is 0 Å². The van der Waals surface area contributed by atoms with Gasteiger partial charge < -0.3 is 9.84 Å². The standard InChI is InChI=1S/C16H15NO4/c1-12-7-9-13(10-8-12)17(11-15(18)19)16(20)21-14-5-3-2-4-6-14/h2-10H,11H2,1H3,(H,18,19). The highest BCUT2D eigenvalue weighted by Crippen LogP contribution is 2.18. The van der Waals surface area contributed by atoms with Crippen LogP contribution in [0.5, 0.6) is 5.75 Å². The second-order valence-corrected chi connectivity index (χ2v) is 4.50. The number of aliphatic carboxylic acids is 1. The number of carbonyl (C=O) groups is 2. The molecule has 1 amide bonds. The van der Waals surface area contributed by atoms with E-state index in [0.29, 0.717) is 11.4 Å². The molecule has 21 heavy (non-hydrogen) atoms. The molecule has 0 atom stereocenters. The fourth-order valence-corrected chi connectivity index (χ4v) is 1.77. The number of ether oxygens (including phenoxy) is 1. The minimum atomic E-state index is -1.11. The third-order valence-corrected chi connectivity index (χ3v) is 2.81. The maximum Gasteiger partial charge on any atom is 0.420 e. The van der Waals surface area contributed by atoms with Crippen LogP contribution in [0.2, 0.25) is 0 Å². The Morgan fingerprint density at radius 3 is 2.24 bits per heavy atom. The summed E-state index contributed by atoms with van der Waals surface area (Å²) in [4.78, 5) is 24.2. The predicted molar refractivity (Wildman–Crippen MR) is 78.6 cm³/mol. The lowest BCUT2D eigenvalue weighted by Crippen LogP contribution is -2.37. The summed E-state index contributed by atoms with van der Waals surface area (Å²) >= 11 is 0. The van der Waals surface area contributed by atoms with E-state index in [2.05, 4.69) is 0 Å². The van der Waals surface area contributed by atoms with Gasteiger partial charge in [-0.05, 0) is 31.2 Å². The van der Waals surface area contributed by atoms with E-state index in [1.807, 2.05) is 6.92 Å². The lowest BCUT2D eigenvalue weighted by molar-refractivity contribution is -0.135. The summed E-state index contributed by atoms with van der Waals surface area (Å²) in [6.07, 6.45) is -0.729. The summed E-state index contributed by atoms with van der Waals surface area (Å²) in [6.45, 7) is 1.45. The fraction of sp³-hybridized carbons (Fsp3) is 0.125. The number of para-hydroxylation sites is 1. The Kier molecular flexibility index (Phi) is 4.56. The van der Waals surface area contributed by atoms with Crippen LogP contribution in [0.4, 0.5) is 10.5 Å². The molecule has 0 fully saturated rings. The molecule has 0 aliphatic heterocycles. The molecule has 0 saturated heterocycles. The number of hydrogen-bond acceptors (Lipinski definition) is 3. The van der Waals surface area contributed by atoms with Crippen molar-refractivity contribution in [1.29, 1.82) is 0 Å². The average molecular weight is 285 g/mol. The van der Waals surface area contributed by atoms with Crippen molar-refractivity contribution in [3.8, 4) is 5.75 Å². The van der Waals surface area contributed by atoms with Crippen molar-refractivity contribution in [3.63, 3.8) is 0 Å². The van der Waals surface area contributed by atoms with Crippen LogP contribution < -0.4 is 9.64 Å². The number of aryl methyl sites for hydroxylation is 1. The lowest BCUT2D eigenvalue weighted by atomic mass is 10.2. The third kappa shape index (κ3) is 4.07. The Morgan fingerprint density at radius 2 is 1.67 bits per heavy atom. The molecule has 0 bridgehead atoms. The lowest BCUT2D eigenvalue weighted by Gasteiger charge is -2.20. The van der Waals surface area contributed by atoms with E-state index in [4.69, 9.17) is 9.84 Å². The molecule has 0 radical (unpaired) electrons. The monoisotopic (exact) mass is 285 g/mol. The van der Waals surface area contributed by atoms with E-state index in [1.54, 1.807) is 54.6 Å². The van der Waals surface area contributed by atoms with Gasteiger partial charge in [-0.2, -0.15) is 0 Å². The highest BCUT2D eigenvalue weighted by atomic mass is 16.6. The molecule has 0 heterocycles. The van der Waals surface area contributed by atoms with Crippen LogP contribution in [0, 0.1) is 6.92 Å². The number of anilines is 1. The highest BCUT2D eigenvalue weighted by molar-refractivity contribution is 5.94.